The summed E-state index contributed by atoms with van der Waals surface area (Å²) in [7, 11) is 0. The van der Waals surface area contributed by atoms with E-state index in [0.29, 0.717) is 19.0 Å². The van der Waals surface area contributed by atoms with Crippen LogP contribution in [0.5, 0.6) is 11.5 Å². The van der Waals surface area contributed by atoms with E-state index in [1.807, 2.05) is 25.1 Å². The van der Waals surface area contributed by atoms with Crippen LogP contribution in [0.3, 0.4) is 0 Å². The average Bonchev–Trinajstić information content (AvgIpc) is 2.48. The van der Waals surface area contributed by atoms with Crippen molar-refractivity contribution in [2.75, 3.05) is 13.2 Å². The van der Waals surface area contributed by atoms with Crippen molar-refractivity contribution in [1.29, 1.82) is 0 Å². The number of aliphatic carboxylic acids is 1. The second-order valence-electron chi connectivity index (χ2n) is 5.11. The standard InChI is InChI=1S/C17H26O4/c1-4-9-20-15-8-7-14(11-16(15)21-10-5-2)13(6-3)12-17(18)19/h7-8,11,13H,4-6,9-10,12H2,1-3H3,(H,18,19). The van der Waals surface area contributed by atoms with E-state index < -0.39 is 5.97 Å². The first kappa shape index (κ1) is 17.3. The van der Waals surface area contributed by atoms with Crippen molar-refractivity contribution in [2.24, 2.45) is 0 Å². The Bertz CT molecular complexity index is 442. The summed E-state index contributed by atoms with van der Waals surface area (Å²) in [6.45, 7) is 7.38. The second-order valence-corrected chi connectivity index (χ2v) is 5.11. The zero-order chi connectivity index (χ0) is 15.7. The molecule has 0 aromatic heterocycles. The first-order valence-corrected chi connectivity index (χ1v) is 7.73. The topological polar surface area (TPSA) is 55.8 Å². The summed E-state index contributed by atoms with van der Waals surface area (Å²) in [5.41, 5.74) is 0.995. The van der Waals surface area contributed by atoms with Gasteiger partial charge in [-0.15, -0.1) is 0 Å². The molecule has 0 bridgehead atoms. The highest BCUT2D eigenvalue weighted by Gasteiger charge is 2.16. The lowest BCUT2D eigenvalue weighted by molar-refractivity contribution is -0.137. The van der Waals surface area contributed by atoms with Crippen LogP contribution >= 0.6 is 0 Å². The van der Waals surface area contributed by atoms with E-state index in [1.54, 1.807) is 0 Å². The molecule has 4 heteroatoms. The van der Waals surface area contributed by atoms with Crippen LogP contribution in [0, 0.1) is 0 Å². The molecule has 0 heterocycles. The summed E-state index contributed by atoms with van der Waals surface area (Å²) in [5.74, 6) is 0.682. The van der Waals surface area contributed by atoms with E-state index in [0.717, 1.165) is 30.6 Å². The van der Waals surface area contributed by atoms with E-state index >= 15 is 0 Å². The van der Waals surface area contributed by atoms with Gasteiger partial charge in [0.1, 0.15) is 0 Å². The fourth-order valence-corrected chi connectivity index (χ4v) is 2.14. The summed E-state index contributed by atoms with van der Waals surface area (Å²) in [6.07, 6.45) is 2.78. The van der Waals surface area contributed by atoms with E-state index in [1.165, 1.54) is 0 Å². The van der Waals surface area contributed by atoms with Gasteiger partial charge in [-0.3, -0.25) is 4.79 Å². The van der Waals surface area contributed by atoms with Crippen LogP contribution in [-0.2, 0) is 4.79 Å². The third-order valence-corrected chi connectivity index (χ3v) is 3.28. The lowest BCUT2D eigenvalue weighted by atomic mass is 9.93. The maximum absolute atomic E-state index is 11.0. The summed E-state index contributed by atoms with van der Waals surface area (Å²) in [5, 5.41) is 9.00. The van der Waals surface area contributed by atoms with E-state index in [2.05, 4.69) is 13.8 Å². The molecular weight excluding hydrogens is 268 g/mol. The molecule has 1 unspecified atom stereocenters. The summed E-state index contributed by atoms with van der Waals surface area (Å²) in [4.78, 5) is 11.0. The van der Waals surface area contributed by atoms with Gasteiger partial charge in [0.05, 0.1) is 19.6 Å². The molecule has 1 aromatic carbocycles. The first-order valence-electron chi connectivity index (χ1n) is 7.73. The van der Waals surface area contributed by atoms with Crippen LogP contribution in [0.1, 0.15) is 57.9 Å². The Kier molecular flexibility index (Phi) is 7.65. The molecule has 21 heavy (non-hydrogen) atoms. The van der Waals surface area contributed by atoms with Crippen LogP contribution in [0.15, 0.2) is 18.2 Å². The lowest BCUT2D eigenvalue weighted by Gasteiger charge is -2.17. The maximum atomic E-state index is 11.0. The van der Waals surface area contributed by atoms with Crippen LogP contribution in [0.2, 0.25) is 0 Å². The Morgan fingerprint density at radius 3 is 2.24 bits per heavy atom. The fraction of sp³-hybridized carbons (Fsp3) is 0.588. The summed E-state index contributed by atoms with van der Waals surface area (Å²) < 4.78 is 11.4. The van der Waals surface area contributed by atoms with Crippen molar-refractivity contribution in [2.45, 2.75) is 52.4 Å². The third kappa shape index (κ3) is 5.66. The smallest absolute Gasteiger partial charge is 0.303 e. The molecule has 0 spiro atoms. The predicted molar refractivity (Wildman–Crippen MR) is 83.3 cm³/mol. The van der Waals surface area contributed by atoms with Gasteiger partial charge in [0.15, 0.2) is 11.5 Å². The number of rotatable bonds is 10. The highest BCUT2D eigenvalue weighted by molar-refractivity contribution is 5.68. The molecule has 0 saturated heterocycles. The monoisotopic (exact) mass is 294 g/mol. The number of carbonyl (C=O) groups is 1. The molecule has 4 nitrogen and oxygen atoms in total. The zero-order valence-corrected chi connectivity index (χ0v) is 13.2. The van der Waals surface area contributed by atoms with Crippen LogP contribution in [-0.4, -0.2) is 24.3 Å². The molecule has 0 radical (unpaired) electrons. The lowest BCUT2D eigenvalue weighted by Crippen LogP contribution is -2.07. The van der Waals surface area contributed by atoms with Crippen LogP contribution < -0.4 is 9.47 Å². The van der Waals surface area contributed by atoms with Gasteiger partial charge in [0, 0.05) is 0 Å². The summed E-state index contributed by atoms with van der Waals surface area (Å²) in [6, 6.07) is 5.76. The molecule has 1 N–H and O–H groups in total. The molecule has 1 aromatic rings. The van der Waals surface area contributed by atoms with Crippen molar-refractivity contribution < 1.29 is 19.4 Å². The Balaban J connectivity index is 2.97. The number of hydrogen-bond acceptors (Lipinski definition) is 3. The Labute approximate surface area is 127 Å². The first-order chi connectivity index (χ1) is 10.1. The van der Waals surface area contributed by atoms with Crippen molar-refractivity contribution in [3.05, 3.63) is 23.8 Å². The number of ether oxygens (including phenoxy) is 2. The minimum Gasteiger partial charge on any atom is -0.490 e. The molecule has 0 aliphatic carbocycles. The molecule has 1 rings (SSSR count). The van der Waals surface area contributed by atoms with Gasteiger partial charge in [0.2, 0.25) is 0 Å². The molecule has 118 valence electrons. The molecule has 0 fully saturated rings. The SMILES string of the molecule is CCCOc1ccc(C(CC)CC(=O)O)cc1OCCC. The van der Waals surface area contributed by atoms with Gasteiger partial charge in [-0.25, -0.2) is 0 Å². The number of benzene rings is 1. The second kappa shape index (κ2) is 9.27. The van der Waals surface area contributed by atoms with E-state index in [-0.39, 0.29) is 12.3 Å². The number of hydrogen-bond donors (Lipinski definition) is 1. The minimum atomic E-state index is -0.774. The summed E-state index contributed by atoms with van der Waals surface area (Å²) >= 11 is 0. The Morgan fingerprint density at radius 1 is 1.10 bits per heavy atom. The van der Waals surface area contributed by atoms with Crippen molar-refractivity contribution in [1.82, 2.24) is 0 Å². The molecule has 0 aliphatic heterocycles. The number of carboxylic acid groups (broad SMARTS) is 1. The zero-order valence-electron chi connectivity index (χ0n) is 13.2. The van der Waals surface area contributed by atoms with E-state index in [9.17, 15) is 4.79 Å². The quantitative estimate of drug-likeness (QED) is 0.701. The molecular formula is C17H26O4. The van der Waals surface area contributed by atoms with Gasteiger partial charge >= 0.3 is 5.97 Å². The largest absolute Gasteiger partial charge is 0.490 e. The van der Waals surface area contributed by atoms with Crippen molar-refractivity contribution >= 4 is 5.97 Å². The predicted octanol–water partition coefficient (Wildman–Crippen LogP) is 4.23. The Hall–Kier alpha value is -1.71. The molecule has 1 atom stereocenters. The minimum absolute atomic E-state index is 0.00621. The van der Waals surface area contributed by atoms with Gasteiger partial charge < -0.3 is 14.6 Å². The van der Waals surface area contributed by atoms with Crippen LogP contribution in [0.25, 0.3) is 0 Å². The fourth-order valence-electron chi connectivity index (χ4n) is 2.14. The highest BCUT2D eigenvalue weighted by atomic mass is 16.5. The van der Waals surface area contributed by atoms with Gasteiger partial charge in [0.25, 0.3) is 0 Å². The molecule has 0 saturated carbocycles. The maximum Gasteiger partial charge on any atom is 0.303 e. The van der Waals surface area contributed by atoms with E-state index in [4.69, 9.17) is 14.6 Å². The van der Waals surface area contributed by atoms with Crippen molar-refractivity contribution in [3.63, 3.8) is 0 Å². The van der Waals surface area contributed by atoms with Crippen LogP contribution in [0.4, 0.5) is 0 Å². The highest BCUT2D eigenvalue weighted by Crippen LogP contribution is 2.33. The van der Waals surface area contributed by atoms with Gasteiger partial charge in [-0.05, 0) is 42.9 Å². The Morgan fingerprint density at radius 2 is 1.71 bits per heavy atom. The van der Waals surface area contributed by atoms with Gasteiger partial charge in [-0.1, -0.05) is 26.8 Å². The number of carboxylic acids is 1. The normalized spacial score (nSPS) is 12.0. The average molecular weight is 294 g/mol. The van der Waals surface area contributed by atoms with Crippen molar-refractivity contribution in [3.8, 4) is 11.5 Å². The molecule has 0 aliphatic rings. The molecule has 0 amide bonds. The third-order valence-electron chi connectivity index (χ3n) is 3.28. The van der Waals surface area contributed by atoms with Gasteiger partial charge in [-0.2, -0.15) is 0 Å².